The standard InChI is InChI=1S/C37H37N7O5S/c1-21(2)33-28(17-38)32-34(49-33)39-18-25(40-32)19-44-26(16-37(5)12-13-37)20-48-30-15-29(31-22(3)8-6-9-23(31)4)41-36(42-30)43-50(46,47)27-11-7-10-24(14-27)35(44)45/h6-11,14-15,18,21,26H,12-13,16,19-20H2,1-5H3,(H,41,42,43)/t26-/m1/s1. The number of hydrogen-bond donors (Lipinski definition) is 1. The summed E-state index contributed by atoms with van der Waals surface area (Å²) in [4.78, 5) is 34.4. The molecule has 7 rings (SSSR count). The van der Waals surface area contributed by atoms with E-state index in [4.69, 9.17) is 14.1 Å². The van der Waals surface area contributed by atoms with E-state index in [2.05, 4.69) is 32.7 Å². The normalized spacial score (nSPS) is 18.0. The second kappa shape index (κ2) is 12.5. The van der Waals surface area contributed by atoms with Gasteiger partial charge in [-0.05, 0) is 67.9 Å². The molecule has 4 heterocycles. The number of furan rings is 1. The van der Waals surface area contributed by atoms with Gasteiger partial charge in [-0.2, -0.15) is 10.2 Å². The molecule has 0 unspecified atom stereocenters. The fourth-order valence-corrected chi connectivity index (χ4v) is 7.50. The zero-order chi connectivity index (χ0) is 35.4. The highest BCUT2D eigenvalue weighted by Gasteiger charge is 2.42. The van der Waals surface area contributed by atoms with Crippen LogP contribution in [-0.4, -0.2) is 51.8 Å². The summed E-state index contributed by atoms with van der Waals surface area (Å²) in [5.74, 6) is 0.0737. The third-order valence-electron chi connectivity index (χ3n) is 9.46. The first-order valence-electron chi connectivity index (χ1n) is 16.5. The second-order valence-corrected chi connectivity index (χ2v) is 15.5. The lowest BCUT2D eigenvalue weighted by Gasteiger charge is -2.33. The number of aryl methyl sites for hydroxylation is 2. The van der Waals surface area contributed by atoms with Gasteiger partial charge in [0.1, 0.15) is 29.5 Å². The Kier molecular flexibility index (Phi) is 8.30. The van der Waals surface area contributed by atoms with E-state index in [9.17, 15) is 18.5 Å². The van der Waals surface area contributed by atoms with Gasteiger partial charge in [-0.1, -0.05) is 45.0 Å². The Hall–Kier alpha value is -5.35. The molecule has 1 fully saturated rings. The van der Waals surface area contributed by atoms with Gasteiger partial charge in [-0.25, -0.2) is 28.1 Å². The molecule has 2 aliphatic rings. The highest BCUT2D eigenvalue weighted by molar-refractivity contribution is 7.92. The fourth-order valence-electron chi connectivity index (χ4n) is 6.52. The molecule has 1 amide bonds. The number of fused-ring (bicyclic) bond motifs is 5. The van der Waals surface area contributed by atoms with Crippen molar-refractivity contribution in [2.24, 2.45) is 5.41 Å². The molecule has 1 N–H and O–H groups in total. The van der Waals surface area contributed by atoms with E-state index >= 15 is 0 Å². The smallest absolute Gasteiger partial charge is 0.264 e. The van der Waals surface area contributed by atoms with Crippen LogP contribution in [0.1, 0.15) is 84.5 Å². The first-order chi connectivity index (χ1) is 23.8. The molecular formula is C37H37N7O5S. The molecule has 1 aliphatic carbocycles. The van der Waals surface area contributed by atoms with Gasteiger partial charge in [0, 0.05) is 23.1 Å². The molecule has 1 atom stereocenters. The van der Waals surface area contributed by atoms with Crippen LogP contribution >= 0.6 is 0 Å². The molecule has 256 valence electrons. The lowest BCUT2D eigenvalue weighted by atomic mass is 9.97. The van der Waals surface area contributed by atoms with Crippen LogP contribution in [0.4, 0.5) is 5.95 Å². The van der Waals surface area contributed by atoms with Crippen molar-refractivity contribution in [3.63, 3.8) is 0 Å². The molecule has 1 aliphatic heterocycles. The highest BCUT2D eigenvalue weighted by atomic mass is 32.2. The number of carbonyl (C=O) groups is 1. The van der Waals surface area contributed by atoms with Crippen LogP contribution in [-0.2, 0) is 16.6 Å². The van der Waals surface area contributed by atoms with Gasteiger partial charge < -0.3 is 14.1 Å². The molecule has 13 heteroatoms. The lowest BCUT2D eigenvalue weighted by Crippen LogP contribution is -2.44. The summed E-state index contributed by atoms with van der Waals surface area (Å²) in [7, 11) is -4.21. The van der Waals surface area contributed by atoms with E-state index < -0.39 is 22.0 Å². The summed E-state index contributed by atoms with van der Waals surface area (Å²) >= 11 is 0. The molecule has 50 heavy (non-hydrogen) atoms. The summed E-state index contributed by atoms with van der Waals surface area (Å²) in [6.45, 7) is 10.1. The molecule has 0 spiro atoms. The number of nitrogens with one attached hydrogen (secondary N) is 1. The molecule has 4 bridgehead atoms. The van der Waals surface area contributed by atoms with Crippen molar-refractivity contribution in [1.82, 2.24) is 24.8 Å². The third kappa shape index (κ3) is 6.38. The average molecular weight is 692 g/mol. The Bertz CT molecular complexity index is 2290. The van der Waals surface area contributed by atoms with Crippen molar-refractivity contribution < 1.29 is 22.4 Å². The average Bonchev–Trinajstić information content (AvgIpc) is 3.68. The molecule has 1 saturated carbocycles. The zero-order valence-electron chi connectivity index (χ0n) is 28.5. The minimum absolute atomic E-state index is 0.00610. The summed E-state index contributed by atoms with van der Waals surface area (Å²) in [5, 5.41) is 9.96. The number of nitrogens with zero attached hydrogens (tertiary/aromatic N) is 6. The zero-order valence-corrected chi connectivity index (χ0v) is 29.3. The fraction of sp³-hybridized carbons (Fsp3) is 0.351. The van der Waals surface area contributed by atoms with Crippen molar-refractivity contribution in [1.29, 1.82) is 5.26 Å². The predicted molar refractivity (Wildman–Crippen MR) is 186 cm³/mol. The molecule has 0 radical (unpaired) electrons. The Labute approximate surface area is 290 Å². The molecular weight excluding hydrogens is 655 g/mol. The number of benzene rings is 2. The SMILES string of the molecule is Cc1cccc(C)c1-c1cc2nc(n1)NS(=O)(=O)c1cccc(c1)C(=O)N(Cc1cnc3oc(C(C)C)c(C#N)c3n1)[C@H](CC1(C)CC1)CO2. The number of carbonyl (C=O) groups excluding carboxylic acids is 1. The van der Waals surface area contributed by atoms with Crippen molar-refractivity contribution in [3.8, 4) is 23.2 Å². The number of rotatable bonds is 6. The molecule has 0 saturated heterocycles. The van der Waals surface area contributed by atoms with E-state index in [0.717, 1.165) is 29.5 Å². The van der Waals surface area contributed by atoms with E-state index in [1.165, 1.54) is 18.2 Å². The van der Waals surface area contributed by atoms with E-state index in [-0.39, 0.29) is 52.5 Å². The lowest BCUT2D eigenvalue weighted by molar-refractivity contribution is 0.0537. The Balaban J connectivity index is 1.36. The van der Waals surface area contributed by atoms with Crippen molar-refractivity contribution >= 4 is 33.1 Å². The summed E-state index contributed by atoms with van der Waals surface area (Å²) in [5.41, 5.74) is 4.78. The summed E-state index contributed by atoms with van der Waals surface area (Å²) < 4.78 is 42.2. The van der Waals surface area contributed by atoms with Gasteiger partial charge in [-0.3, -0.25) is 4.79 Å². The van der Waals surface area contributed by atoms with Gasteiger partial charge in [0.15, 0.2) is 0 Å². The summed E-state index contributed by atoms with van der Waals surface area (Å²) in [6.07, 6.45) is 4.17. The van der Waals surface area contributed by atoms with Gasteiger partial charge >= 0.3 is 0 Å². The largest absolute Gasteiger partial charge is 0.475 e. The first kappa shape index (κ1) is 33.2. The van der Waals surface area contributed by atoms with Crippen LogP contribution < -0.4 is 9.46 Å². The summed E-state index contributed by atoms with van der Waals surface area (Å²) in [6, 6.07) is 15.2. The second-order valence-electron chi connectivity index (χ2n) is 13.9. The maximum absolute atomic E-state index is 14.5. The maximum atomic E-state index is 14.5. The van der Waals surface area contributed by atoms with Gasteiger partial charge in [0.2, 0.25) is 17.5 Å². The number of sulfonamides is 1. The number of nitriles is 1. The van der Waals surface area contributed by atoms with E-state index in [0.29, 0.717) is 34.6 Å². The third-order valence-corrected chi connectivity index (χ3v) is 10.8. The van der Waals surface area contributed by atoms with Gasteiger partial charge in [-0.15, -0.1) is 0 Å². The predicted octanol–water partition coefficient (Wildman–Crippen LogP) is 6.69. The monoisotopic (exact) mass is 691 g/mol. The molecule has 12 nitrogen and oxygen atoms in total. The van der Waals surface area contributed by atoms with Crippen LogP contribution in [0.25, 0.3) is 22.5 Å². The van der Waals surface area contributed by atoms with Crippen molar-refractivity contribution in [3.05, 3.63) is 88.4 Å². The van der Waals surface area contributed by atoms with Crippen LogP contribution in [0.3, 0.4) is 0 Å². The quantitative estimate of drug-likeness (QED) is 0.203. The topological polar surface area (TPSA) is 164 Å². The Morgan fingerprint density at radius 2 is 1.82 bits per heavy atom. The number of aromatic nitrogens is 4. The number of amides is 1. The van der Waals surface area contributed by atoms with E-state index in [1.807, 2.05) is 45.9 Å². The van der Waals surface area contributed by atoms with E-state index in [1.54, 1.807) is 23.2 Å². The van der Waals surface area contributed by atoms with Crippen LogP contribution in [0.2, 0.25) is 0 Å². The first-order valence-corrected chi connectivity index (χ1v) is 18.0. The van der Waals surface area contributed by atoms with Crippen LogP contribution in [0.15, 0.2) is 64.0 Å². The number of hydrogen-bond acceptors (Lipinski definition) is 10. The minimum atomic E-state index is -4.21. The van der Waals surface area contributed by atoms with Gasteiger partial charge in [0.25, 0.3) is 15.9 Å². The molecule has 5 aromatic rings. The van der Waals surface area contributed by atoms with Crippen LogP contribution in [0.5, 0.6) is 5.88 Å². The van der Waals surface area contributed by atoms with Crippen molar-refractivity contribution in [2.45, 2.75) is 77.3 Å². The molecule has 2 aromatic carbocycles. The molecule has 3 aromatic heterocycles. The minimum Gasteiger partial charge on any atom is -0.475 e. The highest BCUT2D eigenvalue weighted by Crippen LogP contribution is 2.49. The van der Waals surface area contributed by atoms with Crippen molar-refractivity contribution in [2.75, 3.05) is 11.3 Å². The Morgan fingerprint density at radius 3 is 2.52 bits per heavy atom. The number of ether oxygens (including phenoxy) is 1. The maximum Gasteiger partial charge on any atom is 0.264 e. The number of anilines is 1. The van der Waals surface area contributed by atoms with Crippen LogP contribution in [0, 0.1) is 30.6 Å². The Morgan fingerprint density at radius 1 is 1.08 bits per heavy atom. The van der Waals surface area contributed by atoms with Gasteiger partial charge in [0.05, 0.1) is 35.1 Å².